The number of rotatable bonds is 2. The topological polar surface area (TPSA) is 40.5 Å². The van der Waals surface area contributed by atoms with Crippen molar-refractivity contribution >= 4 is 22.5 Å². The van der Waals surface area contributed by atoms with Crippen molar-refractivity contribution in [2.45, 2.75) is 12.6 Å². The van der Waals surface area contributed by atoms with Gasteiger partial charge in [-0.15, -0.1) is 0 Å². The molecule has 0 saturated heterocycles. The van der Waals surface area contributed by atoms with E-state index in [2.05, 4.69) is 0 Å². The lowest BCUT2D eigenvalue weighted by Gasteiger charge is -2.27. The zero-order chi connectivity index (χ0) is 15.8. The molecule has 1 aromatic heterocycles. The highest BCUT2D eigenvalue weighted by Crippen LogP contribution is 2.31. The van der Waals surface area contributed by atoms with E-state index in [0.29, 0.717) is 18.9 Å². The van der Waals surface area contributed by atoms with Crippen LogP contribution in [0.5, 0.6) is 11.5 Å². The minimum absolute atomic E-state index is 0.209. The van der Waals surface area contributed by atoms with Crippen LogP contribution in [-0.4, -0.2) is 17.3 Å². The van der Waals surface area contributed by atoms with Gasteiger partial charge < -0.3 is 14.0 Å². The summed E-state index contributed by atoms with van der Waals surface area (Å²) in [5.74, 6) is 1.43. The molecule has 1 aliphatic heterocycles. The summed E-state index contributed by atoms with van der Waals surface area (Å²) < 4.78 is 13.3. The fourth-order valence-electron chi connectivity index (χ4n) is 2.83. The van der Waals surface area contributed by atoms with Gasteiger partial charge in [0.25, 0.3) is 5.56 Å². The van der Waals surface area contributed by atoms with Crippen LogP contribution in [0.3, 0.4) is 0 Å². The molecule has 4 rings (SSSR count). The van der Waals surface area contributed by atoms with E-state index in [1.54, 1.807) is 10.6 Å². The predicted octanol–water partition coefficient (Wildman–Crippen LogP) is 3.49. The fraction of sp³-hybridized carbons (Fsp3) is 0.167. The van der Waals surface area contributed by atoms with E-state index >= 15 is 0 Å². The second kappa shape index (κ2) is 5.63. The van der Waals surface area contributed by atoms with Crippen molar-refractivity contribution in [2.24, 2.45) is 0 Å². The molecule has 0 fully saturated rings. The fourth-order valence-corrected chi connectivity index (χ4v) is 3.05. The van der Waals surface area contributed by atoms with Crippen molar-refractivity contribution in [3.8, 4) is 11.5 Å². The molecule has 0 spiro atoms. The van der Waals surface area contributed by atoms with E-state index in [9.17, 15) is 4.79 Å². The molecule has 0 amide bonds. The summed E-state index contributed by atoms with van der Waals surface area (Å²) in [4.78, 5) is 12.4. The number of ether oxygens (including phenoxy) is 2. The van der Waals surface area contributed by atoms with Gasteiger partial charge in [-0.25, -0.2) is 0 Å². The first kappa shape index (κ1) is 14.2. The number of fused-ring (bicyclic) bond motifs is 2. The van der Waals surface area contributed by atoms with Crippen LogP contribution in [0.2, 0.25) is 5.02 Å². The maximum absolute atomic E-state index is 12.4. The highest BCUT2D eigenvalue weighted by atomic mass is 35.5. The molecule has 1 atom stereocenters. The summed E-state index contributed by atoms with van der Waals surface area (Å²) in [6.07, 6.45) is -0.246. The van der Waals surface area contributed by atoms with Gasteiger partial charge in [-0.05, 0) is 29.7 Å². The second-order valence-electron chi connectivity index (χ2n) is 5.46. The summed E-state index contributed by atoms with van der Waals surface area (Å²) in [7, 11) is 0. The molecule has 0 bridgehead atoms. The third-order valence-corrected chi connectivity index (χ3v) is 4.18. The van der Waals surface area contributed by atoms with Crippen LogP contribution in [0, 0.1) is 0 Å². The zero-order valence-electron chi connectivity index (χ0n) is 12.2. The Hall–Kier alpha value is -2.46. The molecular formula is C18H14ClNO3. The zero-order valence-corrected chi connectivity index (χ0v) is 13.0. The molecule has 116 valence electrons. The van der Waals surface area contributed by atoms with Gasteiger partial charge in [0, 0.05) is 0 Å². The molecular weight excluding hydrogens is 314 g/mol. The van der Waals surface area contributed by atoms with Crippen LogP contribution < -0.4 is 15.0 Å². The third-order valence-electron chi connectivity index (χ3n) is 3.91. The number of hydrogen-bond donors (Lipinski definition) is 0. The van der Waals surface area contributed by atoms with E-state index < -0.39 is 0 Å². The molecule has 23 heavy (non-hydrogen) atoms. The Bertz CT molecular complexity index is 935. The molecule has 2 heterocycles. The molecule has 0 N–H and O–H groups in total. The molecule has 1 aliphatic rings. The quantitative estimate of drug-likeness (QED) is 0.723. The minimum atomic E-state index is -0.246. The number of nitrogens with zero attached hydrogens (tertiary/aromatic N) is 1. The molecule has 0 saturated carbocycles. The van der Waals surface area contributed by atoms with Crippen molar-refractivity contribution in [1.29, 1.82) is 0 Å². The lowest BCUT2D eigenvalue weighted by atomic mass is 10.2. The van der Waals surface area contributed by atoms with Gasteiger partial charge in [-0.1, -0.05) is 41.9 Å². The second-order valence-corrected chi connectivity index (χ2v) is 5.87. The average Bonchev–Trinajstić information content (AvgIpc) is 2.59. The first-order valence-electron chi connectivity index (χ1n) is 7.39. The summed E-state index contributed by atoms with van der Waals surface area (Å²) >= 11 is 6.09. The number of para-hydroxylation sites is 3. The molecule has 0 radical (unpaired) electrons. The number of aromatic nitrogens is 1. The van der Waals surface area contributed by atoms with E-state index in [0.717, 1.165) is 16.7 Å². The number of halogens is 1. The van der Waals surface area contributed by atoms with Gasteiger partial charge in [-0.3, -0.25) is 4.79 Å². The standard InChI is InChI=1S/C18H14ClNO3/c19-14-9-12-5-1-2-6-15(12)20(18(14)21)10-13-11-22-16-7-3-4-8-17(16)23-13/h1-9,13H,10-11H2. The largest absolute Gasteiger partial charge is 0.486 e. The highest BCUT2D eigenvalue weighted by molar-refractivity contribution is 6.31. The molecule has 5 heteroatoms. The van der Waals surface area contributed by atoms with Crippen molar-refractivity contribution < 1.29 is 9.47 Å². The summed E-state index contributed by atoms with van der Waals surface area (Å²) in [5.41, 5.74) is 0.622. The van der Waals surface area contributed by atoms with Crippen molar-refractivity contribution in [1.82, 2.24) is 4.57 Å². The van der Waals surface area contributed by atoms with Crippen LogP contribution in [0.25, 0.3) is 10.9 Å². The van der Waals surface area contributed by atoms with Gasteiger partial charge in [0.05, 0.1) is 12.1 Å². The summed E-state index contributed by atoms with van der Waals surface area (Å²) in [6.45, 7) is 0.776. The van der Waals surface area contributed by atoms with Gasteiger partial charge in [0.2, 0.25) is 0 Å². The number of pyridine rings is 1. The Morgan fingerprint density at radius 2 is 1.83 bits per heavy atom. The van der Waals surface area contributed by atoms with Crippen molar-refractivity contribution in [2.75, 3.05) is 6.61 Å². The summed E-state index contributed by atoms with van der Waals surface area (Å²) in [5, 5.41) is 1.13. The minimum Gasteiger partial charge on any atom is -0.486 e. The monoisotopic (exact) mass is 327 g/mol. The SMILES string of the molecule is O=c1c(Cl)cc2ccccc2n1CC1COc2ccccc2O1. The third kappa shape index (κ3) is 2.55. The van der Waals surface area contributed by atoms with Crippen molar-refractivity contribution in [3.63, 3.8) is 0 Å². The van der Waals surface area contributed by atoms with E-state index in [1.807, 2.05) is 48.5 Å². The van der Waals surface area contributed by atoms with Gasteiger partial charge >= 0.3 is 0 Å². The lowest BCUT2D eigenvalue weighted by Crippen LogP contribution is -2.36. The predicted molar refractivity (Wildman–Crippen MR) is 89.6 cm³/mol. The Morgan fingerprint density at radius 1 is 1.09 bits per heavy atom. The van der Waals surface area contributed by atoms with Crippen molar-refractivity contribution in [3.05, 3.63) is 70.0 Å². The molecule has 0 aliphatic carbocycles. The van der Waals surface area contributed by atoms with Crippen LogP contribution in [0.15, 0.2) is 59.4 Å². The smallest absolute Gasteiger partial charge is 0.269 e. The van der Waals surface area contributed by atoms with E-state index in [1.165, 1.54) is 0 Å². The number of benzene rings is 2. The first-order valence-corrected chi connectivity index (χ1v) is 7.77. The van der Waals surface area contributed by atoms with Gasteiger partial charge in [0.1, 0.15) is 11.6 Å². The Kier molecular flexibility index (Phi) is 3.46. The molecule has 4 nitrogen and oxygen atoms in total. The lowest BCUT2D eigenvalue weighted by molar-refractivity contribution is 0.0787. The molecule has 3 aromatic rings. The van der Waals surface area contributed by atoms with Crippen LogP contribution in [0.1, 0.15) is 0 Å². The maximum Gasteiger partial charge on any atom is 0.269 e. The van der Waals surface area contributed by atoms with Crippen LogP contribution in [-0.2, 0) is 6.54 Å². The Labute approximate surface area is 137 Å². The molecule has 2 aromatic carbocycles. The van der Waals surface area contributed by atoms with Crippen LogP contribution >= 0.6 is 11.6 Å². The highest BCUT2D eigenvalue weighted by Gasteiger charge is 2.22. The number of hydrogen-bond acceptors (Lipinski definition) is 3. The maximum atomic E-state index is 12.4. The molecule has 1 unspecified atom stereocenters. The first-order chi connectivity index (χ1) is 11.2. The van der Waals surface area contributed by atoms with E-state index in [-0.39, 0.29) is 16.7 Å². The van der Waals surface area contributed by atoms with Crippen LogP contribution in [0.4, 0.5) is 0 Å². The Morgan fingerprint density at radius 3 is 2.70 bits per heavy atom. The van der Waals surface area contributed by atoms with E-state index in [4.69, 9.17) is 21.1 Å². The normalized spacial score (nSPS) is 16.5. The summed E-state index contributed by atoms with van der Waals surface area (Å²) in [6, 6.07) is 16.9. The van der Waals surface area contributed by atoms with Gasteiger partial charge in [0.15, 0.2) is 17.6 Å². The average molecular weight is 328 g/mol. The Balaban J connectivity index is 1.71. The van der Waals surface area contributed by atoms with Gasteiger partial charge in [-0.2, -0.15) is 0 Å².